The zero-order valence-corrected chi connectivity index (χ0v) is 13.3. The molecule has 1 heterocycles. The Kier molecular flexibility index (Phi) is 6.97. The van der Waals surface area contributed by atoms with E-state index < -0.39 is 0 Å². The Balaban J connectivity index is 1.74. The molecule has 0 aliphatic carbocycles. The molecule has 0 aromatic heterocycles. The number of benzene rings is 1. The van der Waals surface area contributed by atoms with Crippen molar-refractivity contribution in [3.63, 3.8) is 0 Å². The molecule has 0 amide bonds. The van der Waals surface area contributed by atoms with E-state index in [1.54, 1.807) is 0 Å². The van der Waals surface area contributed by atoms with Crippen molar-refractivity contribution >= 4 is 5.90 Å². The number of hydrogen-bond donors (Lipinski definition) is 2. The highest BCUT2D eigenvalue weighted by atomic mass is 16.5. The van der Waals surface area contributed by atoms with Gasteiger partial charge in [0.25, 0.3) is 0 Å². The molecule has 2 N–H and O–H groups in total. The number of ether oxygens (including phenoxy) is 2. The molecule has 4 nitrogen and oxygen atoms in total. The van der Waals surface area contributed by atoms with Gasteiger partial charge in [-0.2, -0.15) is 0 Å². The van der Waals surface area contributed by atoms with Crippen LogP contribution >= 0.6 is 0 Å². The molecular formula is C18H26N2O2. The monoisotopic (exact) mass is 302 g/mol. The van der Waals surface area contributed by atoms with Crippen LogP contribution in [0.2, 0.25) is 0 Å². The molecular weight excluding hydrogens is 276 g/mol. The predicted molar refractivity (Wildman–Crippen MR) is 89.8 cm³/mol. The quantitative estimate of drug-likeness (QED) is 0.335. The van der Waals surface area contributed by atoms with Gasteiger partial charge in [0.1, 0.15) is 5.75 Å². The van der Waals surface area contributed by atoms with E-state index in [2.05, 4.69) is 29.6 Å². The maximum Gasteiger partial charge on any atom is 0.180 e. The molecule has 0 saturated heterocycles. The maximum absolute atomic E-state index is 7.56. The van der Waals surface area contributed by atoms with Crippen molar-refractivity contribution in [2.24, 2.45) is 0 Å². The van der Waals surface area contributed by atoms with Crippen LogP contribution < -0.4 is 10.1 Å². The van der Waals surface area contributed by atoms with Crippen LogP contribution in [0.4, 0.5) is 0 Å². The molecule has 1 atom stereocenters. The van der Waals surface area contributed by atoms with Crippen LogP contribution in [-0.2, 0) is 11.2 Å². The second kappa shape index (κ2) is 9.26. The largest absolute Gasteiger partial charge is 0.494 e. The zero-order valence-electron chi connectivity index (χ0n) is 13.3. The lowest BCUT2D eigenvalue weighted by Gasteiger charge is -2.20. The van der Waals surface area contributed by atoms with Crippen LogP contribution in [0.3, 0.4) is 0 Å². The van der Waals surface area contributed by atoms with Gasteiger partial charge in [-0.1, -0.05) is 24.3 Å². The van der Waals surface area contributed by atoms with Gasteiger partial charge in [-0.05, 0) is 43.9 Å². The second-order valence-electron chi connectivity index (χ2n) is 5.47. The molecule has 1 aliphatic rings. The van der Waals surface area contributed by atoms with Gasteiger partial charge in [0, 0.05) is 19.0 Å². The van der Waals surface area contributed by atoms with E-state index >= 15 is 0 Å². The maximum atomic E-state index is 7.56. The Morgan fingerprint density at radius 3 is 3.05 bits per heavy atom. The van der Waals surface area contributed by atoms with E-state index in [4.69, 9.17) is 14.9 Å². The van der Waals surface area contributed by atoms with Crippen molar-refractivity contribution in [1.29, 1.82) is 5.41 Å². The summed E-state index contributed by atoms with van der Waals surface area (Å²) in [7, 11) is 0. The summed E-state index contributed by atoms with van der Waals surface area (Å²) in [5.74, 6) is 1.25. The first-order chi connectivity index (χ1) is 10.8. The Morgan fingerprint density at radius 2 is 2.27 bits per heavy atom. The van der Waals surface area contributed by atoms with E-state index in [1.165, 1.54) is 5.56 Å². The lowest BCUT2D eigenvalue weighted by Crippen LogP contribution is -2.33. The average Bonchev–Trinajstić information content (AvgIpc) is 2.53. The van der Waals surface area contributed by atoms with Gasteiger partial charge in [-0.25, -0.2) is 0 Å². The van der Waals surface area contributed by atoms with Gasteiger partial charge in [0.2, 0.25) is 0 Å². The van der Waals surface area contributed by atoms with Gasteiger partial charge >= 0.3 is 0 Å². The summed E-state index contributed by atoms with van der Waals surface area (Å²) >= 11 is 0. The summed E-state index contributed by atoms with van der Waals surface area (Å²) in [5, 5.41) is 11.1. The molecule has 2 rings (SSSR count). The van der Waals surface area contributed by atoms with E-state index in [1.807, 2.05) is 19.1 Å². The van der Waals surface area contributed by atoms with E-state index in [0.29, 0.717) is 31.6 Å². The van der Waals surface area contributed by atoms with Crippen LogP contribution in [-0.4, -0.2) is 31.7 Å². The fourth-order valence-electron chi connectivity index (χ4n) is 2.53. The van der Waals surface area contributed by atoms with Crippen molar-refractivity contribution in [2.45, 2.75) is 38.6 Å². The lowest BCUT2D eigenvalue weighted by atomic mass is 10.0. The molecule has 1 aliphatic heterocycles. The Labute approximate surface area is 133 Å². The minimum Gasteiger partial charge on any atom is -0.494 e. The molecule has 0 fully saturated rings. The summed E-state index contributed by atoms with van der Waals surface area (Å²) in [6.07, 6.45) is 7.97. The van der Waals surface area contributed by atoms with E-state index in [-0.39, 0.29) is 0 Å². The van der Waals surface area contributed by atoms with Crippen molar-refractivity contribution < 1.29 is 9.47 Å². The van der Waals surface area contributed by atoms with Crippen molar-refractivity contribution in [3.05, 3.63) is 42.0 Å². The molecule has 1 unspecified atom stereocenters. The first-order valence-electron chi connectivity index (χ1n) is 8.08. The van der Waals surface area contributed by atoms with Crippen LogP contribution in [0.1, 0.15) is 31.7 Å². The summed E-state index contributed by atoms with van der Waals surface area (Å²) in [5.41, 5.74) is 1.30. The Morgan fingerprint density at radius 1 is 1.36 bits per heavy atom. The SMILES string of the molecule is CCOC(=N)CCCOc1cccc(CC2CC=CCN2)c1. The molecule has 0 bridgehead atoms. The molecule has 22 heavy (non-hydrogen) atoms. The van der Waals surface area contributed by atoms with Crippen LogP contribution in [0, 0.1) is 5.41 Å². The van der Waals surface area contributed by atoms with Gasteiger partial charge in [-0.15, -0.1) is 0 Å². The van der Waals surface area contributed by atoms with Gasteiger partial charge < -0.3 is 14.8 Å². The average molecular weight is 302 g/mol. The Hall–Kier alpha value is -1.81. The number of rotatable bonds is 8. The van der Waals surface area contributed by atoms with Crippen molar-refractivity contribution in [1.82, 2.24) is 5.32 Å². The highest BCUT2D eigenvalue weighted by Crippen LogP contribution is 2.16. The van der Waals surface area contributed by atoms with Gasteiger partial charge in [0.15, 0.2) is 5.90 Å². The van der Waals surface area contributed by atoms with Crippen LogP contribution in [0.15, 0.2) is 36.4 Å². The molecule has 0 radical (unpaired) electrons. The minimum atomic E-state index is 0.344. The molecule has 0 spiro atoms. The van der Waals surface area contributed by atoms with Crippen molar-refractivity contribution in [3.8, 4) is 5.75 Å². The smallest absolute Gasteiger partial charge is 0.180 e. The molecule has 1 aromatic carbocycles. The number of nitrogens with one attached hydrogen (secondary N) is 2. The molecule has 1 aromatic rings. The minimum absolute atomic E-state index is 0.344. The van der Waals surface area contributed by atoms with E-state index in [9.17, 15) is 0 Å². The van der Waals surface area contributed by atoms with Gasteiger partial charge in [0.05, 0.1) is 13.2 Å². The highest BCUT2D eigenvalue weighted by molar-refractivity contribution is 5.72. The van der Waals surface area contributed by atoms with Crippen LogP contribution in [0.25, 0.3) is 0 Å². The third-order valence-corrected chi connectivity index (χ3v) is 3.63. The summed E-state index contributed by atoms with van der Waals surface area (Å²) in [6, 6.07) is 8.83. The first kappa shape index (κ1) is 16.6. The summed E-state index contributed by atoms with van der Waals surface area (Å²) in [6.45, 7) is 4.04. The molecule has 4 heteroatoms. The fraction of sp³-hybridized carbons (Fsp3) is 0.500. The van der Waals surface area contributed by atoms with E-state index in [0.717, 1.165) is 31.6 Å². The highest BCUT2D eigenvalue weighted by Gasteiger charge is 2.10. The zero-order chi connectivity index (χ0) is 15.6. The fourth-order valence-corrected chi connectivity index (χ4v) is 2.53. The van der Waals surface area contributed by atoms with Gasteiger partial charge in [-0.3, -0.25) is 5.41 Å². The third kappa shape index (κ3) is 5.90. The summed E-state index contributed by atoms with van der Waals surface area (Å²) < 4.78 is 10.9. The normalized spacial score (nSPS) is 17.2. The molecule has 0 saturated carbocycles. The molecule has 120 valence electrons. The number of hydrogen-bond acceptors (Lipinski definition) is 4. The summed E-state index contributed by atoms with van der Waals surface area (Å²) in [4.78, 5) is 0. The first-order valence-corrected chi connectivity index (χ1v) is 8.08. The van der Waals surface area contributed by atoms with Crippen LogP contribution in [0.5, 0.6) is 5.75 Å². The third-order valence-electron chi connectivity index (χ3n) is 3.63. The topological polar surface area (TPSA) is 54.3 Å². The predicted octanol–water partition coefficient (Wildman–Crippen LogP) is 3.32. The Bertz CT molecular complexity index is 500. The standard InChI is InChI=1S/C18H26N2O2/c1-2-21-18(19)10-6-12-22-17-9-5-7-15(14-17)13-16-8-3-4-11-20-16/h3-5,7,9,14,16,19-20H,2,6,8,10-13H2,1H3. The van der Waals surface area contributed by atoms with Crippen molar-refractivity contribution in [2.75, 3.05) is 19.8 Å². The second-order valence-corrected chi connectivity index (χ2v) is 5.47. The lowest BCUT2D eigenvalue weighted by molar-refractivity contribution is 0.289.